The highest BCUT2D eigenvalue weighted by molar-refractivity contribution is 5.75. The van der Waals surface area contributed by atoms with E-state index in [4.69, 9.17) is 19.3 Å². The smallest absolute Gasteiger partial charge is 0.407 e. The van der Waals surface area contributed by atoms with Gasteiger partial charge in [0.2, 0.25) is 6.79 Å². The van der Waals surface area contributed by atoms with Gasteiger partial charge in [-0.1, -0.05) is 6.07 Å². The number of carboxylic acid groups (broad SMARTS) is 1. The molecular weight excluding hydrogens is 294 g/mol. The number of ether oxygens (including phenoxy) is 3. The van der Waals surface area contributed by atoms with Crippen molar-refractivity contribution in [2.75, 3.05) is 13.4 Å². The van der Waals surface area contributed by atoms with E-state index in [-0.39, 0.29) is 19.8 Å². The Morgan fingerprint density at radius 2 is 2.09 bits per heavy atom. The molecule has 2 unspecified atom stereocenters. The molecule has 2 atom stereocenters. The molecule has 0 bridgehead atoms. The van der Waals surface area contributed by atoms with Gasteiger partial charge in [-0.2, -0.15) is 0 Å². The molecule has 0 saturated carbocycles. The van der Waals surface area contributed by atoms with E-state index < -0.39 is 24.2 Å². The van der Waals surface area contributed by atoms with E-state index in [1.807, 2.05) is 0 Å². The molecule has 120 valence electrons. The molecule has 0 saturated heterocycles. The summed E-state index contributed by atoms with van der Waals surface area (Å²) < 4.78 is 15.1. The molecule has 0 aliphatic carbocycles. The lowest BCUT2D eigenvalue weighted by Gasteiger charge is -2.21. The Labute approximate surface area is 126 Å². The van der Waals surface area contributed by atoms with Gasteiger partial charge in [-0.15, -0.1) is 0 Å². The average molecular weight is 311 g/mol. The van der Waals surface area contributed by atoms with Crippen molar-refractivity contribution < 1.29 is 34.0 Å². The number of nitrogens with one attached hydrogen (secondary N) is 1. The van der Waals surface area contributed by atoms with Gasteiger partial charge < -0.3 is 29.7 Å². The van der Waals surface area contributed by atoms with Crippen molar-refractivity contribution in [2.45, 2.75) is 25.5 Å². The highest BCUT2D eigenvalue weighted by Gasteiger charge is 2.28. The highest BCUT2D eigenvalue weighted by Crippen LogP contribution is 2.32. The third-order valence-corrected chi connectivity index (χ3v) is 3.11. The van der Waals surface area contributed by atoms with Gasteiger partial charge >= 0.3 is 12.1 Å². The van der Waals surface area contributed by atoms with Gasteiger partial charge in [0.15, 0.2) is 17.6 Å². The van der Waals surface area contributed by atoms with Crippen LogP contribution in [0.5, 0.6) is 11.5 Å². The molecule has 8 nitrogen and oxygen atoms in total. The summed E-state index contributed by atoms with van der Waals surface area (Å²) in [5.41, 5.74) is 0.686. The number of amides is 1. The minimum atomic E-state index is -1.75. The largest absolute Gasteiger partial charge is 0.479 e. The molecule has 1 heterocycles. The summed E-state index contributed by atoms with van der Waals surface area (Å²) in [6, 6.07) is 4.04. The zero-order chi connectivity index (χ0) is 16.1. The summed E-state index contributed by atoms with van der Waals surface area (Å²) in [6.45, 7) is 1.90. The summed E-state index contributed by atoms with van der Waals surface area (Å²) >= 11 is 0. The molecule has 0 spiro atoms. The first-order valence-electron chi connectivity index (χ1n) is 6.74. The quantitative estimate of drug-likeness (QED) is 0.701. The third kappa shape index (κ3) is 3.79. The standard InChI is InChI=1S/C14H17NO7/c1-2-20-14(19)15-9(12(16)13(17)18)5-8-3-4-10-11(6-8)22-7-21-10/h3-4,6,9,12,16H,2,5,7H2,1H3,(H,15,19)(H,17,18). The summed E-state index contributed by atoms with van der Waals surface area (Å²) in [5, 5.41) is 21.0. The van der Waals surface area contributed by atoms with Crippen LogP contribution < -0.4 is 14.8 Å². The van der Waals surface area contributed by atoms with E-state index in [1.165, 1.54) is 0 Å². The van der Waals surface area contributed by atoms with Gasteiger partial charge in [-0.25, -0.2) is 9.59 Å². The maximum Gasteiger partial charge on any atom is 0.407 e. The number of hydrogen-bond donors (Lipinski definition) is 3. The number of fused-ring (bicyclic) bond motifs is 1. The number of hydrogen-bond acceptors (Lipinski definition) is 6. The number of aliphatic hydroxyl groups is 1. The van der Waals surface area contributed by atoms with Crippen LogP contribution in [0.25, 0.3) is 0 Å². The summed E-state index contributed by atoms with van der Waals surface area (Å²) in [6.07, 6.45) is -2.44. The summed E-state index contributed by atoms with van der Waals surface area (Å²) in [5.74, 6) is -0.294. The maximum atomic E-state index is 11.5. The van der Waals surface area contributed by atoms with Crippen LogP contribution in [0, 0.1) is 0 Å². The fourth-order valence-electron chi connectivity index (χ4n) is 2.06. The maximum absolute atomic E-state index is 11.5. The molecular formula is C14H17NO7. The zero-order valence-electron chi connectivity index (χ0n) is 11.9. The van der Waals surface area contributed by atoms with Crippen LogP contribution in [0.3, 0.4) is 0 Å². The second-order valence-electron chi connectivity index (χ2n) is 4.65. The fourth-order valence-corrected chi connectivity index (χ4v) is 2.06. The Morgan fingerprint density at radius 3 is 2.77 bits per heavy atom. The van der Waals surface area contributed by atoms with Crippen molar-refractivity contribution in [2.24, 2.45) is 0 Å². The molecule has 8 heteroatoms. The van der Waals surface area contributed by atoms with Crippen molar-refractivity contribution >= 4 is 12.1 Å². The second-order valence-corrected chi connectivity index (χ2v) is 4.65. The number of aliphatic hydroxyl groups excluding tert-OH is 1. The number of carbonyl (C=O) groups excluding carboxylic acids is 1. The number of aliphatic carboxylic acids is 1. The predicted molar refractivity (Wildman–Crippen MR) is 73.9 cm³/mol. The molecule has 1 aromatic carbocycles. The van der Waals surface area contributed by atoms with E-state index in [2.05, 4.69) is 5.32 Å². The molecule has 1 amide bonds. The van der Waals surface area contributed by atoms with Gasteiger partial charge in [0.05, 0.1) is 12.6 Å². The highest BCUT2D eigenvalue weighted by atomic mass is 16.7. The van der Waals surface area contributed by atoms with Gasteiger partial charge in [-0.05, 0) is 31.0 Å². The van der Waals surface area contributed by atoms with E-state index >= 15 is 0 Å². The Hall–Kier alpha value is -2.48. The topological polar surface area (TPSA) is 114 Å². The van der Waals surface area contributed by atoms with Crippen LogP contribution in [-0.2, 0) is 16.0 Å². The van der Waals surface area contributed by atoms with Crippen LogP contribution in [0.15, 0.2) is 18.2 Å². The molecule has 0 aromatic heterocycles. The van der Waals surface area contributed by atoms with Crippen LogP contribution in [0.4, 0.5) is 4.79 Å². The van der Waals surface area contributed by atoms with Crippen LogP contribution in [-0.4, -0.2) is 47.8 Å². The zero-order valence-corrected chi connectivity index (χ0v) is 11.9. The number of carboxylic acids is 1. The van der Waals surface area contributed by atoms with Gasteiger partial charge in [0.25, 0.3) is 0 Å². The van der Waals surface area contributed by atoms with Gasteiger partial charge in [0, 0.05) is 0 Å². The third-order valence-electron chi connectivity index (χ3n) is 3.11. The molecule has 2 rings (SSSR count). The van der Waals surface area contributed by atoms with Gasteiger partial charge in [-0.3, -0.25) is 0 Å². The first-order valence-corrected chi connectivity index (χ1v) is 6.74. The Kier molecular flexibility index (Phi) is 5.05. The number of alkyl carbamates (subject to hydrolysis) is 1. The lowest BCUT2D eigenvalue weighted by molar-refractivity contribution is -0.148. The molecule has 22 heavy (non-hydrogen) atoms. The first-order chi connectivity index (χ1) is 10.5. The monoisotopic (exact) mass is 311 g/mol. The second kappa shape index (κ2) is 6.99. The van der Waals surface area contributed by atoms with Crippen molar-refractivity contribution in [1.29, 1.82) is 0 Å². The molecule has 0 radical (unpaired) electrons. The van der Waals surface area contributed by atoms with Crippen molar-refractivity contribution in [3.63, 3.8) is 0 Å². The lowest BCUT2D eigenvalue weighted by Crippen LogP contribution is -2.48. The molecule has 1 aromatic rings. The van der Waals surface area contributed by atoms with Crippen LogP contribution in [0.1, 0.15) is 12.5 Å². The average Bonchev–Trinajstić information content (AvgIpc) is 2.93. The predicted octanol–water partition coefficient (Wildman–Crippen LogP) is 0.518. The fraction of sp³-hybridized carbons (Fsp3) is 0.429. The Bertz CT molecular complexity index is 560. The van der Waals surface area contributed by atoms with Crippen LogP contribution >= 0.6 is 0 Å². The van der Waals surface area contributed by atoms with E-state index in [0.29, 0.717) is 17.1 Å². The van der Waals surface area contributed by atoms with Crippen molar-refractivity contribution in [3.8, 4) is 11.5 Å². The molecule has 0 fully saturated rings. The normalized spacial score (nSPS) is 15.0. The number of rotatable bonds is 6. The Balaban J connectivity index is 2.11. The summed E-state index contributed by atoms with van der Waals surface area (Å²) in [4.78, 5) is 22.4. The molecule has 1 aliphatic rings. The van der Waals surface area contributed by atoms with E-state index in [9.17, 15) is 14.7 Å². The van der Waals surface area contributed by atoms with Crippen molar-refractivity contribution in [1.82, 2.24) is 5.32 Å². The van der Waals surface area contributed by atoms with Crippen LogP contribution in [0.2, 0.25) is 0 Å². The summed E-state index contributed by atoms with van der Waals surface area (Å²) in [7, 11) is 0. The van der Waals surface area contributed by atoms with Gasteiger partial charge in [0.1, 0.15) is 0 Å². The molecule has 3 N–H and O–H groups in total. The lowest BCUT2D eigenvalue weighted by atomic mass is 10.0. The number of carbonyl (C=O) groups is 2. The number of benzene rings is 1. The minimum Gasteiger partial charge on any atom is -0.479 e. The van der Waals surface area contributed by atoms with Crippen molar-refractivity contribution in [3.05, 3.63) is 23.8 Å². The Morgan fingerprint density at radius 1 is 1.36 bits per heavy atom. The molecule has 1 aliphatic heterocycles. The minimum absolute atomic E-state index is 0.100. The van der Waals surface area contributed by atoms with E-state index in [1.54, 1.807) is 25.1 Å². The first kappa shape index (κ1) is 15.9. The van der Waals surface area contributed by atoms with E-state index in [0.717, 1.165) is 0 Å². The SMILES string of the molecule is CCOC(=O)NC(Cc1ccc2c(c1)OCO2)C(O)C(=O)O.